The normalized spacial score (nSPS) is 20.6. The number of piperidine rings is 1. The van der Waals surface area contributed by atoms with E-state index >= 15 is 0 Å². The molecule has 1 saturated carbocycles. The molecule has 0 unspecified atom stereocenters. The lowest BCUT2D eigenvalue weighted by molar-refractivity contribution is -0.121. The monoisotopic (exact) mass is 405 g/mol. The number of hydrogen-bond acceptors (Lipinski definition) is 2. The Hall–Kier alpha value is -1.75. The van der Waals surface area contributed by atoms with Crippen molar-refractivity contribution in [3.8, 4) is 0 Å². The van der Waals surface area contributed by atoms with E-state index < -0.39 is 0 Å². The third-order valence-corrected chi connectivity index (χ3v) is 6.25. The summed E-state index contributed by atoms with van der Waals surface area (Å²) >= 11 is 5.89. The number of nitrogens with one attached hydrogen (secondary N) is 2. The lowest BCUT2D eigenvalue weighted by Gasteiger charge is -2.32. The Morgan fingerprint density at radius 3 is 2.46 bits per heavy atom. The molecule has 2 fully saturated rings. The molecule has 28 heavy (non-hydrogen) atoms. The molecule has 0 aromatic heterocycles. The van der Waals surface area contributed by atoms with Crippen molar-refractivity contribution in [2.24, 2.45) is 11.8 Å². The summed E-state index contributed by atoms with van der Waals surface area (Å²) in [4.78, 5) is 26.6. The van der Waals surface area contributed by atoms with E-state index in [1.54, 1.807) is 24.3 Å². The quantitative estimate of drug-likeness (QED) is 0.694. The molecular weight excluding hydrogens is 374 g/mol. The molecule has 2 N–H and O–H groups in total. The number of likely N-dealkylation sites (tertiary alicyclic amines) is 1. The number of nitrogens with zero attached hydrogens (tertiary/aromatic N) is 1. The molecule has 0 bridgehead atoms. The topological polar surface area (TPSA) is 61.4 Å². The van der Waals surface area contributed by atoms with E-state index in [1.165, 1.54) is 32.1 Å². The highest BCUT2D eigenvalue weighted by Gasteiger charge is 2.24. The predicted molar refractivity (Wildman–Crippen MR) is 114 cm³/mol. The second-order valence-corrected chi connectivity index (χ2v) is 8.67. The fourth-order valence-corrected chi connectivity index (χ4v) is 4.42. The van der Waals surface area contributed by atoms with Crippen molar-refractivity contribution in [1.82, 2.24) is 10.2 Å². The minimum atomic E-state index is -0.0752. The second kappa shape index (κ2) is 10.7. The zero-order valence-corrected chi connectivity index (χ0v) is 17.3. The van der Waals surface area contributed by atoms with Crippen molar-refractivity contribution in [2.75, 3.05) is 25.0 Å². The number of urea groups is 1. The number of carbonyl (C=O) groups excluding carboxylic acids is 2. The van der Waals surface area contributed by atoms with E-state index in [0.717, 1.165) is 44.6 Å². The maximum absolute atomic E-state index is 12.5. The van der Waals surface area contributed by atoms with Crippen LogP contribution in [0.4, 0.5) is 10.5 Å². The Kier molecular flexibility index (Phi) is 8.01. The summed E-state index contributed by atoms with van der Waals surface area (Å²) in [7, 11) is 0. The van der Waals surface area contributed by atoms with Crippen LogP contribution in [-0.2, 0) is 4.79 Å². The standard InChI is InChI=1S/C22H32ClN3O2/c23-19-9-11-20(12-10-19)25-22(28)26-14-4-7-18(16-26)8-13-21(27)24-15-17-5-2-1-3-6-17/h9-12,17-18H,1-8,13-16H2,(H,24,27)(H,25,28)/t18-/m1/s1. The highest BCUT2D eigenvalue weighted by molar-refractivity contribution is 6.30. The molecule has 1 aromatic carbocycles. The zero-order chi connectivity index (χ0) is 19.8. The van der Waals surface area contributed by atoms with Crippen molar-refractivity contribution < 1.29 is 9.59 Å². The van der Waals surface area contributed by atoms with Crippen LogP contribution in [0, 0.1) is 11.8 Å². The lowest BCUT2D eigenvalue weighted by Crippen LogP contribution is -2.42. The first-order valence-corrected chi connectivity index (χ1v) is 11.1. The number of benzene rings is 1. The van der Waals surface area contributed by atoms with Gasteiger partial charge in [0.05, 0.1) is 0 Å². The Balaban J connectivity index is 1.37. The molecule has 1 heterocycles. The predicted octanol–water partition coefficient (Wildman–Crippen LogP) is 5.06. The van der Waals surface area contributed by atoms with Gasteiger partial charge in [0.1, 0.15) is 0 Å². The van der Waals surface area contributed by atoms with E-state index in [-0.39, 0.29) is 11.9 Å². The average molecular weight is 406 g/mol. The molecule has 0 radical (unpaired) electrons. The summed E-state index contributed by atoms with van der Waals surface area (Å²) in [6.45, 7) is 2.32. The summed E-state index contributed by atoms with van der Waals surface area (Å²) in [6.07, 6.45) is 9.93. The molecular formula is C22H32ClN3O2. The van der Waals surface area contributed by atoms with E-state index in [4.69, 9.17) is 11.6 Å². The Labute approximate surface area is 173 Å². The third kappa shape index (κ3) is 6.69. The van der Waals surface area contributed by atoms with Crippen molar-refractivity contribution >= 4 is 29.2 Å². The van der Waals surface area contributed by atoms with Crippen LogP contribution in [-0.4, -0.2) is 36.5 Å². The smallest absolute Gasteiger partial charge is 0.321 e. The number of hydrogen-bond donors (Lipinski definition) is 2. The Morgan fingerprint density at radius 2 is 1.71 bits per heavy atom. The van der Waals surface area contributed by atoms with E-state index in [9.17, 15) is 9.59 Å². The van der Waals surface area contributed by atoms with Gasteiger partial charge in [-0.25, -0.2) is 4.79 Å². The molecule has 3 rings (SSSR count). The number of amides is 3. The molecule has 6 heteroatoms. The fourth-order valence-electron chi connectivity index (χ4n) is 4.29. The van der Waals surface area contributed by atoms with Gasteiger partial charge in [-0.1, -0.05) is 30.9 Å². The summed E-state index contributed by atoms with van der Waals surface area (Å²) in [6, 6.07) is 7.06. The fraction of sp³-hybridized carbons (Fsp3) is 0.636. The summed E-state index contributed by atoms with van der Waals surface area (Å²) in [5, 5.41) is 6.70. The van der Waals surface area contributed by atoms with Crippen molar-refractivity contribution in [2.45, 2.75) is 57.8 Å². The zero-order valence-electron chi connectivity index (χ0n) is 16.6. The summed E-state index contributed by atoms with van der Waals surface area (Å²) in [5.41, 5.74) is 0.749. The van der Waals surface area contributed by atoms with Crippen LogP contribution in [0.1, 0.15) is 57.8 Å². The third-order valence-electron chi connectivity index (χ3n) is 5.99. The molecule has 1 aliphatic carbocycles. The van der Waals surface area contributed by atoms with Gasteiger partial charge in [-0.05, 0) is 68.2 Å². The van der Waals surface area contributed by atoms with Crippen molar-refractivity contribution in [1.29, 1.82) is 0 Å². The van der Waals surface area contributed by atoms with Gasteiger partial charge >= 0.3 is 6.03 Å². The van der Waals surface area contributed by atoms with E-state index in [0.29, 0.717) is 23.3 Å². The highest BCUT2D eigenvalue weighted by atomic mass is 35.5. The molecule has 1 atom stereocenters. The molecule has 1 saturated heterocycles. The molecule has 154 valence electrons. The van der Waals surface area contributed by atoms with Crippen LogP contribution < -0.4 is 10.6 Å². The van der Waals surface area contributed by atoms with Crippen LogP contribution in [0.25, 0.3) is 0 Å². The minimum Gasteiger partial charge on any atom is -0.356 e. The SMILES string of the molecule is O=C(CC[C@H]1CCCN(C(=O)Nc2ccc(Cl)cc2)C1)NCC1CCCCC1. The molecule has 0 spiro atoms. The van der Waals surface area contributed by atoms with Crippen molar-refractivity contribution in [3.05, 3.63) is 29.3 Å². The first-order valence-electron chi connectivity index (χ1n) is 10.7. The summed E-state index contributed by atoms with van der Waals surface area (Å²) in [5.74, 6) is 1.22. The lowest BCUT2D eigenvalue weighted by atomic mass is 9.89. The van der Waals surface area contributed by atoms with Gasteiger partial charge < -0.3 is 15.5 Å². The highest BCUT2D eigenvalue weighted by Crippen LogP contribution is 2.24. The minimum absolute atomic E-state index is 0.0752. The van der Waals surface area contributed by atoms with Crippen LogP contribution in [0.3, 0.4) is 0 Å². The van der Waals surface area contributed by atoms with Gasteiger partial charge in [0.2, 0.25) is 5.91 Å². The number of halogens is 1. The van der Waals surface area contributed by atoms with Gasteiger partial charge in [-0.15, -0.1) is 0 Å². The maximum atomic E-state index is 12.5. The van der Waals surface area contributed by atoms with Gasteiger partial charge in [-0.2, -0.15) is 0 Å². The van der Waals surface area contributed by atoms with Crippen LogP contribution >= 0.6 is 11.6 Å². The van der Waals surface area contributed by atoms with E-state index in [2.05, 4.69) is 10.6 Å². The summed E-state index contributed by atoms with van der Waals surface area (Å²) < 4.78 is 0. The molecule has 2 aliphatic rings. The van der Waals surface area contributed by atoms with Crippen LogP contribution in [0.15, 0.2) is 24.3 Å². The molecule has 1 aromatic rings. The first kappa shape index (κ1) is 21.0. The van der Waals surface area contributed by atoms with Gasteiger partial charge in [0.15, 0.2) is 0 Å². The molecule has 5 nitrogen and oxygen atoms in total. The largest absolute Gasteiger partial charge is 0.356 e. The second-order valence-electron chi connectivity index (χ2n) is 8.24. The van der Waals surface area contributed by atoms with Gasteiger partial charge in [0.25, 0.3) is 0 Å². The van der Waals surface area contributed by atoms with Crippen molar-refractivity contribution in [3.63, 3.8) is 0 Å². The number of rotatable bonds is 6. The van der Waals surface area contributed by atoms with Gasteiger partial charge in [0, 0.05) is 36.8 Å². The first-order chi connectivity index (χ1) is 13.6. The van der Waals surface area contributed by atoms with E-state index in [1.807, 2.05) is 4.90 Å². The Bertz CT molecular complexity index is 644. The average Bonchev–Trinajstić information content (AvgIpc) is 2.73. The number of carbonyl (C=O) groups is 2. The van der Waals surface area contributed by atoms with Crippen LogP contribution in [0.5, 0.6) is 0 Å². The Morgan fingerprint density at radius 1 is 1.00 bits per heavy atom. The maximum Gasteiger partial charge on any atom is 0.321 e. The molecule has 1 aliphatic heterocycles. The van der Waals surface area contributed by atoms with Crippen LogP contribution in [0.2, 0.25) is 5.02 Å². The number of anilines is 1. The van der Waals surface area contributed by atoms with Gasteiger partial charge in [-0.3, -0.25) is 4.79 Å². The molecule has 3 amide bonds.